The summed E-state index contributed by atoms with van der Waals surface area (Å²) in [6.45, 7) is 2.43. The fraction of sp³-hybridized carbons (Fsp3) is 0.300. The molecule has 1 aliphatic rings. The van der Waals surface area contributed by atoms with E-state index in [0.717, 1.165) is 31.6 Å². The first-order valence-electron chi connectivity index (χ1n) is 9.39. The van der Waals surface area contributed by atoms with E-state index in [1.165, 1.54) is 30.6 Å². The Morgan fingerprint density at radius 2 is 1.90 bits per heavy atom. The van der Waals surface area contributed by atoms with Gasteiger partial charge < -0.3 is 16.0 Å². The van der Waals surface area contributed by atoms with Crippen molar-refractivity contribution in [3.05, 3.63) is 59.4 Å². The van der Waals surface area contributed by atoms with Crippen LogP contribution in [0, 0.1) is 0 Å². The molecule has 0 spiro atoms. The molecule has 0 radical (unpaired) electrons. The number of carbonyl (C=O) groups excluding carboxylic acids is 1. The number of hydrogen-bond donors (Lipinski definition) is 2. The Morgan fingerprint density at radius 1 is 1.17 bits per heavy atom. The average molecular weight is 416 g/mol. The number of rotatable bonds is 6. The molecule has 1 fully saturated rings. The zero-order chi connectivity index (χ0) is 21.3. The van der Waals surface area contributed by atoms with Crippen LogP contribution in [0.4, 0.5) is 19.1 Å². The van der Waals surface area contributed by atoms with Crippen LogP contribution < -0.4 is 11.1 Å². The van der Waals surface area contributed by atoms with Crippen LogP contribution in [0.3, 0.4) is 0 Å². The van der Waals surface area contributed by atoms with Gasteiger partial charge in [0.2, 0.25) is 5.95 Å². The third kappa shape index (κ3) is 4.18. The smallest absolute Gasteiger partial charge is 0.366 e. The number of carbonyl (C=O) groups is 1. The first kappa shape index (κ1) is 20.0. The van der Waals surface area contributed by atoms with Crippen molar-refractivity contribution < 1.29 is 18.0 Å². The average Bonchev–Trinajstić information content (AvgIpc) is 2.68. The molecule has 3 N–H and O–H groups in total. The van der Waals surface area contributed by atoms with Crippen LogP contribution in [0.5, 0.6) is 0 Å². The molecule has 2 aromatic heterocycles. The maximum Gasteiger partial charge on any atom is 0.416 e. The number of nitrogens with zero attached hydrogens (tertiary/aromatic N) is 4. The Bertz CT molecular complexity index is 1070. The molecule has 1 amide bonds. The highest BCUT2D eigenvalue weighted by molar-refractivity contribution is 6.03. The largest absolute Gasteiger partial charge is 0.416 e. The second-order valence-electron chi connectivity index (χ2n) is 7.12. The van der Waals surface area contributed by atoms with Crippen molar-refractivity contribution in [2.24, 2.45) is 5.73 Å². The molecular weight excluding hydrogens is 397 g/mol. The minimum Gasteiger partial charge on any atom is -0.366 e. The maximum absolute atomic E-state index is 12.9. The predicted octanol–water partition coefficient (Wildman–Crippen LogP) is 3.00. The molecule has 10 heteroatoms. The second kappa shape index (κ2) is 7.86. The van der Waals surface area contributed by atoms with Gasteiger partial charge in [0, 0.05) is 12.7 Å². The second-order valence-corrected chi connectivity index (χ2v) is 7.12. The molecule has 3 aromatic rings. The Morgan fingerprint density at radius 3 is 2.50 bits per heavy atom. The van der Waals surface area contributed by atoms with Gasteiger partial charge in [-0.05, 0) is 43.3 Å². The highest BCUT2D eigenvalue weighted by Crippen LogP contribution is 2.31. The van der Waals surface area contributed by atoms with Crippen LogP contribution in [-0.4, -0.2) is 45.4 Å². The van der Waals surface area contributed by atoms with Gasteiger partial charge in [-0.1, -0.05) is 12.1 Å². The third-order valence-corrected chi connectivity index (χ3v) is 5.08. The molecule has 0 saturated carbocycles. The number of nitrogens with two attached hydrogens (primary N) is 1. The van der Waals surface area contributed by atoms with Crippen molar-refractivity contribution in [2.45, 2.75) is 18.6 Å². The lowest BCUT2D eigenvalue weighted by atomic mass is 10.0. The van der Waals surface area contributed by atoms with E-state index in [1.807, 2.05) is 0 Å². The van der Waals surface area contributed by atoms with Crippen molar-refractivity contribution in [1.29, 1.82) is 0 Å². The van der Waals surface area contributed by atoms with E-state index in [0.29, 0.717) is 23.1 Å². The number of fused-ring (bicyclic) bond motifs is 1. The Labute approximate surface area is 170 Å². The van der Waals surface area contributed by atoms with Crippen molar-refractivity contribution in [3.8, 4) is 0 Å². The maximum atomic E-state index is 12.9. The van der Waals surface area contributed by atoms with Crippen molar-refractivity contribution in [2.75, 3.05) is 25.0 Å². The molecule has 1 atom stereocenters. The number of primary amides is 1. The van der Waals surface area contributed by atoms with Gasteiger partial charge in [-0.15, -0.1) is 0 Å². The number of likely N-dealkylation sites (tertiary alicyclic amines) is 1. The van der Waals surface area contributed by atoms with Gasteiger partial charge in [0.05, 0.1) is 23.4 Å². The minimum atomic E-state index is -4.39. The molecule has 0 bridgehead atoms. The summed E-state index contributed by atoms with van der Waals surface area (Å²) in [5.41, 5.74) is 6.36. The van der Waals surface area contributed by atoms with Crippen LogP contribution in [0.2, 0.25) is 0 Å². The van der Waals surface area contributed by atoms with E-state index in [4.69, 9.17) is 5.73 Å². The summed E-state index contributed by atoms with van der Waals surface area (Å²) in [6, 6.07) is 6.19. The lowest BCUT2D eigenvalue weighted by molar-refractivity contribution is -0.137. The number of alkyl halides is 3. The highest BCUT2D eigenvalue weighted by Gasteiger charge is 2.30. The molecule has 156 valence electrons. The number of aromatic nitrogens is 3. The number of nitrogens with one attached hydrogen (secondary N) is 1. The highest BCUT2D eigenvalue weighted by atomic mass is 19.4. The van der Waals surface area contributed by atoms with Crippen molar-refractivity contribution >= 4 is 22.9 Å². The summed E-state index contributed by atoms with van der Waals surface area (Å²) in [7, 11) is 0. The normalized spacial score (nSPS) is 15.6. The predicted molar refractivity (Wildman–Crippen MR) is 105 cm³/mol. The molecule has 7 nitrogen and oxygen atoms in total. The number of hydrogen-bond acceptors (Lipinski definition) is 6. The van der Waals surface area contributed by atoms with Crippen LogP contribution in [0.15, 0.2) is 42.7 Å². The lowest BCUT2D eigenvalue weighted by Crippen LogP contribution is -2.41. The molecular formula is C20H19F3N6O. The third-order valence-electron chi connectivity index (χ3n) is 5.08. The molecule has 3 heterocycles. The number of pyridine rings is 1. The van der Waals surface area contributed by atoms with Gasteiger partial charge in [-0.25, -0.2) is 9.97 Å². The first-order chi connectivity index (χ1) is 14.3. The zero-order valence-corrected chi connectivity index (χ0v) is 15.9. The van der Waals surface area contributed by atoms with E-state index in [9.17, 15) is 18.0 Å². The molecule has 4 rings (SSSR count). The SMILES string of the molecule is NC(=O)c1ccnc2cnc(N[C@H](CN3CCC3)c3ccc(C(F)(F)F)cc3)nc12. The standard InChI is InChI=1S/C20H19F3N6O/c21-20(22,23)13-4-2-12(3-5-13)16(11-29-8-1-9-29)27-19-26-10-15-17(28-19)14(18(24)30)6-7-25-15/h2-7,10,16H,1,8-9,11H2,(H2,24,30)(H,26,27,28)/t16-/m1/s1. The van der Waals surface area contributed by atoms with Gasteiger partial charge in [-0.3, -0.25) is 9.78 Å². The molecule has 30 heavy (non-hydrogen) atoms. The summed E-state index contributed by atoms with van der Waals surface area (Å²) < 4.78 is 38.7. The van der Waals surface area contributed by atoms with E-state index >= 15 is 0 Å². The fourth-order valence-electron chi connectivity index (χ4n) is 3.32. The first-order valence-corrected chi connectivity index (χ1v) is 9.39. The minimum absolute atomic E-state index is 0.222. The molecule has 0 unspecified atom stereocenters. The van der Waals surface area contributed by atoms with Gasteiger partial charge in [0.25, 0.3) is 5.91 Å². The summed E-state index contributed by atoms with van der Waals surface area (Å²) in [5, 5.41) is 3.19. The van der Waals surface area contributed by atoms with Crippen LogP contribution in [0.1, 0.15) is 33.9 Å². The van der Waals surface area contributed by atoms with Gasteiger partial charge in [0.15, 0.2) is 0 Å². The van der Waals surface area contributed by atoms with E-state index in [2.05, 4.69) is 25.2 Å². The number of halogens is 3. The Balaban J connectivity index is 1.65. The van der Waals surface area contributed by atoms with Gasteiger partial charge in [-0.2, -0.15) is 13.2 Å². The van der Waals surface area contributed by atoms with E-state index < -0.39 is 17.6 Å². The van der Waals surface area contributed by atoms with Crippen LogP contribution in [-0.2, 0) is 6.18 Å². The fourth-order valence-corrected chi connectivity index (χ4v) is 3.32. The lowest BCUT2D eigenvalue weighted by Gasteiger charge is -2.34. The number of amides is 1. The topological polar surface area (TPSA) is 97.0 Å². The van der Waals surface area contributed by atoms with Crippen molar-refractivity contribution in [1.82, 2.24) is 19.9 Å². The van der Waals surface area contributed by atoms with Crippen LogP contribution >= 0.6 is 0 Å². The summed E-state index contributed by atoms with van der Waals surface area (Å²) >= 11 is 0. The molecule has 1 saturated heterocycles. The zero-order valence-electron chi connectivity index (χ0n) is 15.9. The Hall–Kier alpha value is -3.27. The van der Waals surface area contributed by atoms with Crippen LogP contribution in [0.25, 0.3) is 11.0 Å². The Kier molecular flexibility index (Phi) is 5.25. The van der Waals surface area contributed by atoms with Gasteiger partial charge in [0.1, 0.15) is 11.0 Å². The number of benzene rings is 1. The van der Waals surface area contributed by atoms with E-state index in [1.54, 1.807) is 0 Å². The summed E-state index contributed by atoms with van der Waals surface area (Å²) in [6.07, 6.45) is -0.378. The molecule has 0 aliphatic carbocycles. The van der Waals surface area contributed by atoms with E-state index in [-0.39, 0.29) is 17.6 Å². The van der Waals surface area contributed by atoms with Crippen molar-refractivity contribution in [3.63, 3.8) is 0 Å². The summed E-state index contributed by atoms with van der Waals surface area (Å²) in [4.78, 5) is 26.6. The summed E-state index contributed by atoms with van der Waals surface area (Å²) in [5.74, 6) is -0.393. The monoisotopic (exact) mass is 416 g/mol. The molecule has 1 aliphatic heterocycles. The number of anilines is 1. The quantitative estimate of drug-likeness (QED) is 0.641. The van der Waals surface area contributed by atoms with Gasteiger partial charge >= 0.3 is 6.18 Å². The molecule has 1 aromatic carbocycles.